The molecule has 0 unspecified atom stereocenters. The zero-order valence-electron chi connectivity index (χ0n) is 16.2. The summed E-state index contributed by atoms with van der Waals surface area (Å²) in [6, 6.07) is 7.88. The van der Waals surface area contributed by atoms with Gasteiger partial charge in [-0.25, -0.2) is 0 Å². The van der Waals surface area contributed by atoms with Crippen LogP contribution in [0.3, 0.4) is 0 Å². The van der Waals surface area contributed by atoms with Crippen molar-refractivity contribution in [1.82, 2.24) is 9.80 Å². The Kier molecular flexibility index (Phi) is 6.99. The Hall–Kier alpha value is -2.02. The van der Waals surface area contributed by atoms with Gasteiger partial charge in [-0.15, -0.1) is 17.9 Å². The van der Waals surface area contributed by atoms with E-state index in [9.17, 15) is 4.79 Å². The first kappa shape index (κ1) is 20.7. The number of nitrogens with zero attached hydrogens (tertiary/aromatic N) is 2. The van der Waals surface area contributed by atoms with Crippen LogP contribution in [0.1, 0.15) is 16.0 Å². The molecule has 7 heteroatoms. The molecule has 3 rings (SSSR count). The topological polar surface area (TPSA) is 42.0 Å². The summed E-state index contributed by atoms with van der Waals surface area (Å²) in [5, 5.41) is 0. The van der Waals surface area contributed by atoms with Gasteiger partial charge in [-0.2, -0.15) is 0 Å². The molecule has 1 aromatic carbocycles. The van der Waals surface area contributed by atoms with Crippen molar-refractivity contribution in [3.63, 3.8) is 0 Å². The molecule has 2 aromatic rings. The molecule has 0 saturated heterocycles. The van der Waals surface area contributed by atoms with Crippen molar-refractivity contribution in [2.45, 2.75) is 19.5 Å². The summed E-state index contributed by atoms with van der Waals surface area (Å²) in [7, 11) is 3.26. The summed E-state index contributed by atoms with van der Waals surface area (Å²) in [6.07, 6.45) is 2.63. The lowest BCUT2D eigenvalue weighted by Gasteiger charge is -2.31. The van der Waals surface area contributed by atoms with Crippen molar-refractivity contribution in [3.8, 4) is 11.5 Å². The predicted octanol–water partition coefficient (Wildman–Crippen LogP) is 3.99. The van der Waals surface area contributed by atoms with E-state index in [0.717, 1.165) is 26.9 Å². The molecule has 1 amide bonds. The van der Waals surface area contributed by atoms with Crippen LogP contribution in [0, 0.1) is 0 Å². The highest BCUT2D eigenvalue weighted by atomic mass is 35.5. The van der Waals surface area contributed by atoms with E-state index in [0.29, 0.717) is 38.5 Å². The van der Waals surface area contributed by atoms with E-state index < -0.39 is 0 Å². The Bertz CT molecular complexity index is 852. The Morgan fingerprint density at radius 3 is 2.61 bits per heavy atom. The number of thiophene rings is 1. The summed E-state index contributed by atoms with van der Waals surface area (Å²) in [5.74, 6) is 1.54. The minimum Gasteiger partial charge on any atom is -0.493 e. The van der Waals surface area contributed by atoms with Crippen molar-refractivity contribution in [3.05, 3.63) is 57.3 Å². The lowest BCUT2D eigenvalue weighted by atomic mass is 9.98. The van der Waals surface area contributed by atoms with Gasteiger partial charge in [0.1, 0.15) is 0 Å². The molecule has 2 heterocycles. The maximum atomic E-state index is 12.9. The van der Waals surface area contributed by atoms with Crippen molar-refractivity contribution in [2.75, 3.05) is 33.9 Å². The molecule has 0 aliphatic carbocycles. The number of hydrogen-bond acceptors (Lipinski definition) is 5. The maximum absolute atomic E-state index is 12.9. The van der Waals surface area contributed by atoms with Gasteiger partial charge in [0.15, 0.2) is 11.5 Å². The van der Waals surface area contributed by atoms with Crippen LogP contribution in [0.5, 0.6) is 11.5 Å². The van der Waals surface area contributed by atoms with Gasteiger partial charge in [0.25, 0.3) is 0 Å². The number of amides is 1. The number of methoxy groups -OCH3 is 2. The number of fused-ring (bicyclic) bond motifs is 1. The molecular formula is C21H25ClN2O3S. The third-order valence-electron chi connectivity index (χ3n) is 4.83. The Morgan fingerprint density at radius 1 is 1.29 bits per heavy atom. The van der Waals surface area contributed by atoms with E-state index in [-0.39, 0.29) is 5.91 Å². The van der Waals surface area contributed by atoms with Crippen molar-refractivity contribution in [2.24, 2.45) is 0 Å². The molecule has 1 aliphatic rings. The number of rotatable bonds is 8. The van der Waals surface area contributed by atoms with E-state index in [1.165, 1.54) is 5.56 Å². The highest BCUT2D eigenvalue weighted by molar-refractivity contribution is 7.16. The van der Waals surface area contributed by atoms with Crippen LogP contribution in [0.4, 0.5) is 0 Å². The molecule has 0 N–H and O–H groups in total. The highest BCUT2D eigenvalue weighted by Gasteiger charge is 2.24. The zero-order valence-corrected chi connectivity index (χ0v) is 17.8. The van der Waals surface area contributed by atoms with E-state index in [2.05, 4.69) is 11.5 Å². The van der Waals surface area contributed by atoms with Crippen molar-refractivity contribution in [1.29, 1.82) is 0 Å². The molecule has 1 aromatic heterocycles. The summed E-state index contributed by atoms with van der Waals surface area (Å²) in [6.45, 7) is 6.79. The van der Waals surface area contributed by atoms with Crippen molar-refractivity contribution < 1.29 is 14.3 Å². The zero-order chi connectivity index (χ0) is 20.1. The standard InChI is InChI=1S/C21H25ClN2O3S/c1-4-8-23(13-17-5-6-20(22)28-17)14-21(25)24-9-7-15-10-18(26-2)19(27-3)11-16(15)12-24/h4-6,10-11H,1,7-9,12-14H2,2-3H3. The SMILES string of the molecule is C=CCN(CC(=O)N1CCc2cc(OC)c(OC)cc2C1)Cc1ccc(Cl)s1. The summed E-state index contributed by atoms with van der Waals surface area (Å²) < 4.78 is 11.6. The van der Waals surface area contributed by atoms with E-state index in [1.54, 1.807) is 25.6 Å². The molecule has 0 radical (unpaired) electrons. The number of carbonyl (C=O) groups is 1. The highest BCUT2D eigenvalue weighted by Crippen LogP contribution is 2.33. The summed E-state index contributed by atoms with van der Waals surface area (Å²) in [5.41, 5.74) is 2.32. The molecule has 0 fully saturated rings. The fourth-order valence-corrected chi connectivity index (χ4v) is 4.54. The second kappa shape index (κ2) is 9.45. The first-order chi connectivity index (χ1) is 13.5. The fraction of sp³-hybridized carbons (Fsp3) is 0.381. The summed E-state index contributed by atoms with van der Waals surface area (Å²) in [4.78, 5) is 18.1. The van der Waals surface area contributed by atoms with Crippen molar-refractivity contribution >= 4 is 28.8 Å². The predicted molar refractivity (Wildman–Crippen MR) is 113 cm³/mol. The van der Waals surface area contributed by atoms with E-state index >= 15 is 0 Å². The molecular weight excluding hydrogens is 396 g/mol. The van der Waals surface area contributed by atoms with Gasteiger partial charge in [-0.1, -0.05) is 17.7 Å². The fourth-order valence-electron chi connectivity index (χ4n) is 3.41. The van der Waals surface area contributed by atoms with Gasteiger partial charge in [-0.05, 0) is 41.8 Å². The number of ether oxygens (including phenoxy) is 2. The summed E-state index contributed by atoms with van der Waals surface area (Å²) >= 11 is 7.57. The van der Waals surface area contributed by atoms with Gasteiger partial charge < -0.3 is 14.4 Å². The lowest BCUT2D eigenvalue weighted by Crippen LogP contribution is -2.42. The van der Waals surface area contributed by atoms with Crippen LogP contribution < -0.4 is 9.47 Å². The number of halogens is 1. The Labute approximate surface area is 175 Å². The van der Waals surface area contributed by atoms with Gasteiger partial charge >= 0.3 is 0 Å². The molecule has 0 bridgehead atoms. The monoisotopic (exact) mass is 420 g/mol. The number of carbonyl (C=O) groups excluding carboxylic acids is 1. The quantitative estimate of drug-likeness (QED) is 0.605. The molecule has 0 saturated carbocycles. The largest absolute Gasteiger partial charge is 0.493 e. The van der Waals surface area contributed by atoms with Gasteiger partial charge in [0, 0.05) is 31.1 Å². The first-order valence-electron chi connectivity index (χ1n) is 9.13. The maximum Gasteiger partial charge on any atom is 0.237 e. The first-order valence-corrected chi connectivity index (χ1v) is 10.3. The Balaban J connectivity index is 1.68. The van der Waals surface area contributed by atoms with Crippen LogP contribution in [-0.4, -0.2) is 49.6 Å². The molecule has 5 nitrogen and oxygen atoms in total. The lowest BCUT2D eigenvalue weighted by molar-refractivity contribution is -0.133. The average molecular weight is 421 g/mol. The second-order valence-electron chi connectivity index (χ2n) is 6.71. The Morgan fingerprint density at radius 2 is 2.00 bits per heavy atom. The van der Waals surface area contributed by atoms with Crippen LogP contribution in [-0.2, 0) is 24.3 Å². The minimum atomic E-state index is 0.116. The minimum absolute atomic E-state index is 0.116. The number of hydrogen-bond donors (Lipinski definition) is 0. The normalized spacial score (nSPS) is 13.4. The second-order valence-corrected chi connectivity index (χ2v) is 8.50. The van der Waals surface area contributed by atoms with Crippen LogP contribution in [0.2, 0.25) is 4.34 Å². The average Bonchev–Trinajstić information content (AvgIpc) is 3.11. The molecule has 28 heavy (non-hydrogen) atoms. The van der Waals surface area contributed by atoms with E-state index in [4.69, 9.17) is 21.1 Å². The molecule has 0 atom stereocenters. The molecule has 0 spiro atoms. The number of benzene rings is 1. The molecule has 1 aliphatic heterocycles. The van der Waals surface area contributed by atoms with Crippen LogP contribution in [0.15, 0.2) is 36.9 Å². The van der Waals surface area contributed by atoms with Crippen LogP contribution in [0.25, 0.3) is 0 Å². The van der Waals surface area contributed by atoms with Crippen LogP contribution >= 0.6 is 22.9 Å². The van der Waals surface area contributed by atoms with Gasteiger partial charge in [0.05, 0.1) is 25.1 Å². The smallest absolute Gasteiger partial charge is 0.237 e. The van der Waals surface area contributed by atoms with Gasteiger partial charge in [-0.3, -0.25) is 9.69 Å². The van der Waals surface area contributed by atoms with Gasteiger partial charge in [0.2, 0.25) is 5.91 Å². The van der Waals surface area contributed by atoms with E-state index in [1.807, 2.05) is 35.2 Å². The third kappa shape index (κ3) is 4.87. The molecule has 150 valence electrons. The third-order valence-corrected chi connectivity index (χ3v) is 6.04.